The first kappa shape index (κ1) is 18.2. The number of carbonyl (C=O) groups excluding carboxylic acids is 1. The van der Waals surface area contributed by atoms with Crippen LogP contribution in [-0.2, 0) is 22.6 Å². The Morgan fingerprint density at radius 1 is 1.19 bits per heavy atom. The number of aromatic nitrogens is 1. The predicted octanol–water partition coefficient (Wildman–Crippen LogP) is 2.66. The molecule has 26 heavy (non-hydrogen) atoms. The normalized spacial score (nSPS) is 19.2. The molecular formula is C20H24N2O4. The maximum absolute atomic E-state index is 12.2. The molecule has 0 radical (unpaired) electrons. The van der Waals surface area contributed by atoms with Gasteiger partial charge in [0.25, 0.3) is 0 Å². The molecule has 6 nitrogen and oxygen atoms in total. The summed E-state index contributed by atoms with van der Waals surface area (Å²) < 4.78 is 16.3. The van der Waals surface area contributed by atoms with Crippen LogP contribution in [0.1, 0.15) is 18.2 Å². The van der Waals surface area contributed by atoms with Gasteiger partial charge >= 0.3 is 0 Å². The van der Waals surface area contributed by atoms with Crippen LogP contribution in [-0.4, -0.2) is 42.8 Å². The van der Waals surface area contributed by atoms with E-state index in [1.807, 2.05) is 43.3 Å². The summed E-state index contributed by atoms with van der Waals surface area (Å²) in [6.07, 6.45) is 2.32. The van der Waals surface area contributed by atoms with Gasteiger partial charge in [0.1, 0.15) is 24.8 Å². The molecule has 0 spiro atoms. The summed E-state index contributed by atoms with van der Waals surface area (Å²) in [4.78, 5) is 18.3. The Labute approximate surface area is 153 Å². The quantitative estimate of drug-likeness (QED) is 0.681. The number of hydrogen-bond acceptors (Lipinski definition) is 5. The standard InChI is InChI=1S/C20H24N2O4/c1-14-18(20(23)22(14)13-24-2)11-16-10-17(8-9-21-16)26-12-15-6-4-5-7-19(15)25-3/h4-10,14,18H,11-13H2,1-3H3. The van der Waals surface area contributed by atoms with Gasteiger partial charge in [0, 0.05) is 43.1 Å². The van der Waals surface area contributed by atoms with Crippen molar-refractivity contribution in [2.45, 2.75) is 26.0 Å². The lowest BCUT2D eigenvalue weighted by Gasteiger charge is -2.44. The molecule has 0 saturated carbocycles. The van der Waals surface area contributed by atoms with E-state index in [9.17, 15) is 4.79 Å². The average Bonchev–Trinajstić information content (AvgIpc) is 2.69. The molecule has 2 heterocycles. The Morgan fingerprint density at radius 2 is 2.00 bits per heavy atom. The minimum Gasteiger partial charge on any atom is -0.496 e. The summed E-state index contributed by atoms with van der Waals surface area (Å²) in [6.45, 7) is 2.78. The van der Waals surface area contributed by atoms with Gasteiger partial charge in [-0.25, -0.2) is 0 Å². The number of nitrogens with zero attached hydrogens (tertiary/aromatic N) is 2. The van der Waals surface area contributed by atoms with Crippen LogP contribution < -0.4 is 9.47 Å². The Bertz CT molecular complexity index is 765. The molecule has 1 saturated heterocycles. The van der Waals surface area contributed by atoms with E-state index in [4.69, 9.17) is 14.2 Å². The van der Waals surface area contributed by atoms with E-state index in [0.717, 1.165) is 22.8 Å². The zero-order chi connectivity index (χ0) is 18.5. The van der Waals surface area contributed by atoms with Crippen molar-refractivity contribution in [2.24, 2.45) is 5.92 Å². The minimum absolute atomic E-state index is 0.0536. The van der Waals surface area contributed by atoms with Gasteiger partial charge in [-0.1, -0.05) is 18.2 Å². The molecule has 0 N–H and O–H groups in total. The summed E-state index contributed by atoms with van der Waals surface area (Å²) in [5.41, 5.74) is 1.83. The molecule has 1 aromatic heterocycles. The molecule has 1 aliphatic rings. The number of ether oxygens (including phenoxy) is 3. The van der Waals surface area contributed by atoms with Crippen LogP contribution in [0.3, 0.4) is 0 Å². The fourth-order valence-electron chi connectivity index (χ4n) is 3.20. The zero-order valence-electron chi connectivity index (χ0n) is 15.3. The molecule has 0 bridgehead atoms. The number of rotatable bonds is 8. The summed E-state index contributed by atoms with van der Waals surface area (Å²) in [7, 11) is 3.24. The minimum atomic E-state index is -0.0536. The van der Waals surface area contributed by atoms with Crippen molar-refractivity contribution in [3.05, 3.63) is 53.9 Å². The maximum Gasteiger partial charge on any atom is 0.230 e. The smallest absolute Gasteiger partial charge is 0.230 e. The summed E-state index contributed by atoms with van der Waals surface area (Å²) in [6, 6.07) is 11.6. The summed E-state index contributed by atoms with van der Waals surface area (Å²) >= 11 is 0. The highest BCUT2D eigenvalue weighted by atomic mass is 16.5. The van der Waals surface area contributed by atoms with Crippen molar-refractivity contribution in [1.29, 1.82) is 0 Å². The van der Waals surface area contributed by atoms with Crippen molar-refractivity contribution >= 4 is 5.91 Å². The van der Waals surface area contributed by atoms with Crippen LogP contribution >= 0.6 is 0 Å². The maximum atomic E-state index is 12.2. The lowest BCUT2D eigenvalue weighted by atomic mass is 9.85. The topological polar surface area (TPSA) is 60.9 Å². The first-order valence-electron chi connectivity index (χ1n) is 8.63. The van der Waals surface area contributed by atoms with Crippen LogP contribution in [0.5, 0.6) is 11.5 Å². The molecule has 1 amide bonds. The van der Waals surface area contributed by atoms with Crippen molar-refractivity contribution < 1.29 is 19.0 Å². The second-order valence-corrected chi connectivity index (χ2v) is 6.36. The zero-order valence-corrected chi connectivity index (χ0v) is 15.3. The van der Waals surface area contributed by atoms with Crippen LogP contribution in [0.25, 0.3) is 0 Å². The number of β-lactam (4-membered cyclic amide) rings is 1. The van der Waals surface area contributed by atoms with E-state index in [0.29, 0.717) is 19.8 Å². The molecule has 0 aliphatic carbocycles. The van der Waals surface area contributed by atoms with Crippen LogP contribution in [0.2, 0.25) is 0 Å². The van der Waals surface area contributed by atoms with E-state index in [-0.39, 0.29) is 17.9 Å². The van der Waals surface area contributed by atoms with Gasteiger partial charge in [0.2, 0.25) is 5.91 Å². The van der Waals surface area contributed by atoms with Gasteiger partial charge in [-0.05, 0) is 19.1 Å². The van der Waals surface area contributed by atoms with Gasteiger partial charge in [-0.2, -0.15) is 0 Å². The third-order valence-electron chi connectivity index (χ3n) is 4.75. The van der Waals surface area contributed by atoms with Crippen molar-refractivity contribution in [2.75, 3.05) is 21.0 Å². The number of benzene rings is 1. The molecule has 2 atom stereocenters. The summed E-state index contributed by atoms with van der Waals surface area (Å²) in [5, 5.41) is 0. The fraction of sp³-hybridized carbons (Fsp3) is 0.400. The van der Waals surface area contributed by atoms with Crippen molar-refractivity contribution in [3.63, 3.8) is 0 Å². The van der Waals surface area contributed by atoms with E-state index >= 15 is 0 Å². The molecule has 1 aromatic carbocycles. The molecule has 138 valence electrons. The Hall–Kier alpha value is -2.60. The third-order valence-corrected chi connectivity index (χ3v) is 4.75. The van der Waals surface area contributed by atoms with Gasteiger partial charge < -0.3 is 19.1 Å². The number of amides is 1. The monoisotopic (exact) mass is 356 g/mol. The molecular weight excluding hydrogens is 332 g/mol. The molecule has 3 rings (SSSR count). The van der Waals surface area contributed by atoms with Gasteiger partial charge in [-0.3, -0.25) is 9.78 Å². The number of methoxy groups -OCH3 is 2. The second-order valence-electron chi connectivity index (χ2n) is 6.36. The first-order chi connectivity index (χ1) is 12.6. The van der Waals surface area contributed by atoms with Crippen LogP contribution in [0, 0.1) is 5.92 Å². The van der Waals surface area contributed by atoms with E-state index in [2.05, 4.69) is 4.98 Å². The van der Waals surface area contributed by atoms with Gasteiger partial charge in [0.15, 0.2) is 0 Å². The molecule has 6 heteroatoms. The number of para-hydroxylation sites is 1. The van der Waals surface area contributed by atoms with E-state index in [1.54, 1.807) is 25.3 Å². The highest BCUT2D eigenvalue weighted by Crippen LogP contribution is 2.29. The lowest BCUT2D eigenvalue weighted by molar-refractivity contribution is -0.163. The van der Waals surface area contributed by atoms with Gasteiger partial charge in [-0.15, -0.1) is 0 Å². The second kappa shape index (κ2) is 8.19. The third kappa shape index (κ3) is 3.80. The molecule has 1 aliphatic heterocycles. The highest BCUT2D eigenvalue weighted by molar-refractivity contribution is 5.86. The Morgan fingerprint density at radius 3 is 2.73 bits per heavy atom. The Kier molecular flexibility index (Phi) is 5.73. The largest absolute Gasteiger partial charge is 0.496 e. The number of pyridine rings is 1. The SMILES string of the molecule is COCN1C(=O)C(Cc2cc(OCc3ccccc3OC)ccn2)C1C. The fourth-order valence-corrected chi connectivity index (χ4v) is 3.20. The van der Waals surface area contributed by atoms with Crippen molar-refractivity contribution in [3.8, 4) is 11.5 Å². The van der Waals surface area contributed by atoms with E-state index < -0.39 is 0 Å². The van der Waals surface area contributed by atoms with Crippen LogP contribution in [0.4, 0.5) is 0 Å². The van der Waals surface area contributed by atoms with Crippen LogP contribution in [0.15, 0.2) is 42.6 Å². The number of likely N-dealkylation sites (tertiary alicyclic amines) is 1. The predicted molar refractivity (Wildman–Crippen MR) is 96.9 cm³/mol. The van der Waals surface area contributed by atoms with E-state index in [1.165, 1.54) is 0 Å². The summed E-state index contributed by atoms with van der Waals surface area (Å²) in [5.74, 6) is 1.59. The highest BCUT2D eigenvalue weighted by Gasteiger charge is 2.44. The molecule has 2 unspecified atom stereocenters. The Balaban J connectivity index is 1.61. The number of hydrogen-bond donors (Lipinski definition) is 0. The molecule has 2 aromatic rings. The average molecular weight is 356 g/mol. The lowest BCUT2D eigenvalue weighted by Crippen LogP contribution is -2.60. The van der Waals surface area contributed by atoms with Crippen molar-refractivity contribution in [1.82, 2.24) is 9.88 Å². The first-order valence-corrected chi connectivity index (χ1v) is 8.63. The number of carbonyl (C=O) groups is 1. The van der Waals surface area contributed by atoms with Gasteiger partial charge in [0.05, 0.1) is 13.0 Å². The molecule has 1 fully saturated rings.